The fraction of sp³-hybridized carbons (Fsp3) is 0.467. The zero-order chi connectivity index (χ0) is 14.4. The fourth-order valence-electron chi connectivity index (χ4n) is 2.29. The van der Waals surface area contributed by atoms with Crippen LogP contribution in [-0.2, 0) is 16.0 Å². The summed E-state index contributed by atoms with van der Waals surface area (Å²) in [4.78, 5) is 22.8. The monoisotopic (exact) mass is 294 g/mol. The number of rotatable bonds is 6. The zero-order valence-corrected chi connectivity index (χ0v) is 12.1. The van der Waals surface area contributed by atoms with Crippen molar-refractivity contribution in [2.24, 2.45) is 0 Å². The summed E-state index contributed by atoms with van der Waals surface area (Å²) in [5, 5.41) is 6.32. The van der Waals surface area contributed by atoms with E-state index in [1.54, 1.807) is 0 Å². The Morgan fingerprint density at radius 3 is 2.85 bits per heavy atom. The van der Waals surface area contributed by atoms with Crippen LogP contribution < -0.4 is 10.6 Å². The van der Waals surface area contributed by atoms with E-state index >= 15 is 0 Å². The molecular formula is C15H19ClN2O2. The standard InChI is InChI=1S/C15H19ClN2O2/c16-12-7-2-1-5-11(12)6-3-4-10-17-15(20)13-8-9-14(19)18-13/h1-2,5,7,13H,3-4,6,8-10H2,(H,17,20)(H,18,19). The minimum atomic E-state index is -0.342. The highest BCUT2D eigenvalue weighted by molar-refractivity contribution is 6.31. The molecule has 1 unspecified atom stereocenters. The number of aryl methyl sites for hydroxylation is 1. The van der Waals surface area contributed by atoms with Crippen LogP contribution in [0, 0.1) is 0 Å². The largest absolute Gasteiger partial charge is 0.354 e. The molecular weight excluding hydrogens is 276 g/mol. The van der Waals surface area contributed by atoms with E-state index in [1.807, 2.05) is 24.3 Å². The SMILES string of the molecule is O=C1CCC(C(=O)NCCCCc2ccccc2Cl)N1. The lowest BCUT2D eigenvalue weighted by molar-refractivity contribution is -0.125. The first-order chi connectivity index (χ1) is 9.66. The highest BCUT2D eigenvalue weighted by atomic mass is 35.5. The summed E-state index contributed by atoms with van der Waals surface area (Å²) < 4.78 is 0. The average molecular weight is 295 g/mol. The van der Waals surface area contributed by atoms with Crippen LogP contribution in [0.4, 0.5) is 0 Å². The Balaban J connectivity index is 1.61. The van der Waals surface area contributed by atoms with E-state index in [0.29, 0.717) is 19.4 Å². The molecule has 0 aromatic heterocycles. The van der Waals surface area contributed by atoms with Crippen molar-refractivity contribution in [2.45, 2.75) is 38.1 Å². The van der Waals surface area contributed by atoms with Crippen molar-refractivity contribution in [2.75, 3.05) is 6.54 Å². The first kappa shape index (κ1) is 14.9. The van der Waals surface area contributed by atoms with Gasteiger partial charge in [-0.05, 0) is 37.3 Å². The van der Waals surface area contributed by atoms with Gasteiger partial charge in [0.1, 0.15) is 6.04 Å². The van der Waals surface area contributed by atoms with E-state index in [2.05, 4.69) is 10.6 Å². The van der Waals surface area contributed by atoms with Crippen molar-refractivity contribution in [3.8, 4) is 0 Å². The van der Waals surface area contributed by atoms with Crippen LogP contribution in [0.2, 0.25) is 5.02 Å². The van der Waals surface area contributed by atoms with E-state index in [9.17, 15) is 9.59 Å². The summed E-state index contributed by atoms with van der Waals surface area (Å²) in [5.41, 5.74) is 1.14. The molecule has 0 aliphatic carbocycles. The minimum Gasteiger partial charge on any atom is -0.354 e. The number of amides is 2. The number of halogens is 1. The third kappa shape index (κ3) is 4.23. The minimum absolute atomic E-state index is 0.0381. The summed E-state index contributed by atoms with van der Waals surface area (Å²) in [7, 11) is 0. The lowest BCUT2D eigenvalue weighted by Gasteiger charge is -2.10. The number of hydrogen-bond acceptors (Lipinski definition) is 2. The topological polar surface area (TPSA) is 58.2 Å². The molecule has 2 rings (SSSR count). The van der Waals surface area contributed by atoms with Gasteiger partial charge in [-0.2, -0.15) is 0 Å². The number of nitrogens with one attached hydrogen (secondary N) is 2. The zero-order valence-electron chi connectivity index (χ0n) is 11.3. The maximum absolute atomic E-state index is 11.7. The Bertz CT molecular complexity index is 491. The third-order valence-corrected chi connectivity index (χ3v) is 3.81. The van der Waals surface area contributed by atoms with E-state index in [-0.39, 0.29) is 17.9 Å². The predicted octanol–water partition coefficient (Wildman–Crippen LogP) is 2.06. The van der Waals surface area contributed by atoms with Gasteiger partial charge in [-0.1, -0.05) is 29.8 Å². The van der Waals surface area contributed by atoms with Gasteiger partial charge in [0.15, 0.2) is 0 Å². The maximum atomic E-state index is 11.7. The molecule has 108 valence electrons. The fourth-order valence-corrected chi connectivity index (χ4v) is 2.52. The lowest BCUT2D eigenvalue weighted by atomic mass is 10.1. The number of hydrogen-bond donors (Lipinski definition) is 2. The molecule has 0 bridgehead atoms. The predicted molar refractivity (Wildman–Crippen MR) is 78.6 cm³/mol. The molecule has 1 heterocycles. The van der Waals surface area contributed by atoms with Crippen molar-refractivity contribution in [3.05, 3.63) is 34.9 Å². The molecule has 0 saturated carbocycles. The normalized spacial score (nSPS) is 17.9. The Kier molecular flexibility index (Phi) is 5.41. The molecule has 0 radical (unpaired) electrons. The average Bonchev–Trinajstić information content (AvgIpc) is 2.87. The molecule has 1 fully saturated rings. The molecule has 1 atom stereocenters. The molecule has 1 aromatic carbocycles. The van der Waals surface area contributed by atoms with Crippen molar-refractivity contribution in [3.63, 3.8) is 0 Å². The van der Waals surface area contributed by atoms with Crippen molar-refractivity contribution < 1.29 is 9.59 Å². The Hall–Kier alpha value is -1.55. The van der Waals surface area contributed by atoms with Gasteiger partial charge in [-0.25, -0.2) is 0 Å². The molecule has 1 saturated heterocycles. The number of carbonyl (C=O) groups excluding carboxylic acids is 2. The maximum Gasteiger partial charge on any atom is 0.242 e. The smallest absolute Gasteiger partial charge is 0.242 e. The van der Waals surface area contributed by atoms with Gasteiger partial charge in [-0.3, -0.25) is 9.59 Å². The summed E-state index contributed by atoms with van der Waals surface area (Å²) in [6, 6.07) is 7.47. The van der Waals surface area contributed by atoms with Crippen LogP contribution in [0.5, 0.6) is 0 Å². The van der Waals surface area contributed by atoms with Crippen LogP contribution >= 0.6 is 11.6 Å². The van der Waals surface area contributed by atoms with Gasteiger partial charge in [0.05, 0.1) is 0 Å². The van der Waals surface area contributed by atoms with Gasteiger partial charge in [0.25, 0.3) is 0 Å². The summed E-state index contributed by atoms with van der Waals surface area (Å²) in [6.07, 6.45) is 3.84. The van der Waals surface area contributed by atoms with Crippen molar-refractivity contribution in [1.29, 1.82) is 0 Å². The molecule has 1 aliphatic heterocycles. The molecule has 2 N–H and O–H groups in total. The molecule has 1 aliphatic rings. The Morgan fingerprint density at radius 1 is 1.35 bits per heavy atom. The molecule has 4 nitrogen and oxygen atoms in total. The molecule has 5 heteroatoms. The highest BCUT2D eigenvalue weighted by Crippen LogP contribution is 2.16. The van der Waals surface area contributed by atoms with Gasteiger partial charge in [0.2, 0.25) is 11.8 Å². The van der Waals surface area contributed by atoms with Gasteiger partial charge < -0.3 is 10.6 Å². The van der Waals surface area contributed by atoms with Crippen LogP contribution in [0.15, 0.2) is 24.3 Å². The number of unbranched alkanes of at least 4 members (excludes halogenated alkanes) is 1. The van der Waals surface area contributed by atoms with Crippen LogP contribution in [0.3, 0.4) is 0 Å². The molecule has 1 aromatic rings. The first-order valence-electron chi connectivity index (χ1n) is 6.97. The summed E-state index contributed by atoms with van der Waals surface area (Å²) >= 11 is 6.08. The molecule has 0 spiro atoms. The van der Waals surface area contributed by atoms with E-state index < -0.39 is 0 Å². The van der Waals surface area contributed by atoms with Crippen LogP contribution in [0.1, 0.15) is 31.2 Å². The second-order valence-corrected chi connectivity index (χ2v) is 5.41. The van der Waals surface area contributed by atoms with Crippen molar-refractivity contribution >= 4 is 23.4 Å². The Labute approximate surface area is 123 Å². The van der Waals surface area contributed by atoms with E-state index in [0.717, 1.165) is 29.8 Å². The lowest BCUT2D eigenvalue weighted by Crippen LogP contribution is -2.41. The summed E-state index contributed by atoms with van der Waals surface area (Å²) in [5.74, 6) is -0.113. The quantitative estimate of drug-likeness (QED) is 0.789. The number of carbonyl (C=O) groups is 2. The van der Waals surface area contributed by atoms with Gasteiger partial charge in [0, 0.05) is 18.0 Å². The molecule has 20 heavy (non-hydrogen) atoms. The Morgan fingerprint density at radius 2 is 2.15 bits per heavy atom. The first-order valence-corrected chi connectivity index (χ1v) is 7.35. The third-order valence-electron chi connectivity index (χ3n) is 3.44. The second-order valence-electron chi connectivity index (χ2n) is 5.00. The van der Waals surface area contributed by atoms with E-state index in [1.165, 1.54) is 0 Å². The van der Waals surface area contributed by atoms with Crippen LogP contribution in [-0.4, -0.2) is 24.4 Å². The molecule has 2 amide bonds. The second kappa shape index (κ2) is 7.29. The van der Waals surface area contributed by atoms with Gasteiger partial charge >= 0.3 is 0 Å². The van der Waals surface area contributed by atoms with E-state index in [4.69, 9.17) is 11.6 Å². The highest BCUT2D eigenvalue weighted by Gasteiger charge is 2.26. The van der Waals surface area contributed by atoms with Crippen LogP contribution in [0.25, 0.3) is 0 Å². The van der Waals surface area contributed by atoms with Gasteiger partial charge in [-0.15, -0.1) is 0 Å². The number of benzene rings is 1. The summed E-state index contributed by atoms with van der Waals surface area (Å²) in [6.45, 7) is 0.635. The van der Waals surface area contributed by atoms with Crippen molar-refractivity contribution in [1.82, 2.24) is 10.6 Å².